The van der Waals surface area contributed by atoms with E-state index >= 15 is 0 Å². The second kappa shape index (κ2) is 29.9. The Morgan fingerprint density at radius 2 is 0.578 bits per heavy atom. The maximum Gasteiger partial charge on any atom is 0.294 e. The number of unbranched alkanes of at least 4 members (excludes halogenated alkanes) is 16. The third-order valence-corrected chi connectivity index (χ3v) is 21.9. The Balaban J connectivity index is 5.02. The van der Waals surface area contributed by atoms with Crippen molar-refractivity contribution in [2.75, 3.05) is 5.75 Å². The molecule has 0 aliphatic carbocycles. The number of rotatable bonds is 39. The fraction of sp³-hybridized carbons (Fsp3) is 1.00. The van der Waals surface area contributed by atoms with Crippen molar-refractivity contribution in [3.8, 4) is 0 Å². The molecule has 362 valence electrons. The van der Waals surface area contributed by atoms with Gasteiger partial charge in [0, 0.05) is 56.6 Å². The van der Waals surface area contributed by atoms with Gasteiger partial charge in [0.05, 0.1) is 16.3 Å². The van der Waals surface area contributed by atoms with Crippen LogP contribution in [0, 0.1) is 0 Å². The molecule has 0 aliphatic heterocycles. The second-order valence-electron chi connectivity index (χ2n) is 14.3. The summed E-state index contributed by atoms with van der Waals surface area (Å²) in [6.45, 7) is 0. The van der Waals surface area contributed by atoms with Crippen molar-refractivity contribution in [1.29, 1.82) is 0 Å². The van der Waals surface area contributed by atoms with E-state index < -0.39 is 86.9 Å². The van der Waals surface area contributed by atoms with Crippen molar-refractivity contribution in [3.63, 3.8) is 0 Å². The molecule has 0 radical (unpaired) electrons. The van der Waals surface area contributed by atoms with Gasteiger partial charge in [0.25, 0.3) is 33.5 Å². The first-order valence-electron chi connectivity index (χ1n) is 19.9. The van der Waals surface area contributed by atoms with E-state index in [1.165, 1.54) is 0 Å². The Hall–Kier alpha value is -4.44. The lowest BCUT2D eigenvalue weighted by Crippen LogP contribution is -2.50. The lowest BCUT2D eigenvalue weighted by molar-refractivity contribution is 0.497. The third kappa shape index (κ3) is 20.6. The maximum absolute atomic E-state index is 12.7. The minimum absolute atomic E-state index is 0.0277. The lowest BCUT2D eigenvalue weighted by atomic mass is 10.0. The van der Waals surface area contributed by atoms with Crippen LogP contribution in [0.1, 0.15) is 154 Å². The molecular formula is C28H52N18O12S6. The SMILES string of the molecule is [N-]=[N+]=NS(=O)(=O)CCCCCCCCCC(CCCCCCCCC(CCCCCCCCC(S(=O)(=O)N=[N+]=[N-])(S(=O)(=O)N=[N+]=[N-])S(=O)(=O)N=[N+]=[N-])S(=O)(=O)N=[N+]=[N-])S(=O)(=O)N=[N+]=[N-]. The number of hydrogen-bond donors (Lipinski definition) is 0. The molecule has 64 heavy (non-hydrogen) atoms. The lowest BCUT2D eigenvalue weighted by Gasteiger charge is -2.26. The standard InChI is InChI=1S/C28H52N18O12S6/c29-35-41-59(47,48)25-19-13-7-1-2-8-14-20-26(60(49,50)42-36-30)21-15-9-3-4-10-16-22-27(61(51,52)43-37-31)23-17-11-5-6-12-18-24-28(62(53,54)44-38-32,63(55,56)45-39-33)64(57,58)46-40-34/h26-27H,1-25H2. The topological polar surface area (TPSA) is 497 Å². The summed E-state index contributed by atoms with van der Waals surface area (Å²) in [5.74, 6) is -0.224. The Morgan fingerprint density at radius 1 is 0.328 bits per heavy atom. The molecule has 0 heterocycles. The molecule has 30 nitrogen and oxygen atoms in total. The zero-order chi connectivity index (χ0) is 48.8. The summed E-state index contributed by atoms with van der Waals surface area (Å²) >= 11 is 0. The van der Waals surface area contributed by atoms with Crippen LogP contribution in [0.4, 0.5) is 0 Å². The van der Waals surface area contributed by atoms with Crippen LogP contribution in [0.25, 0.3) is 62.7 Å². The minimum Gasteiger partial charge on any atom is -0.221 e. The van der Waals surface area contributed by atoms with Gasteiger partial charge < -0.3 is 0 Å². The first-order chi connectivity index (χ1) is 30.0. The van der Waals surface area contributed by atoms with Gasteiger partial charge in [0.2, 0.25) is 30.1 Å². The van der Waals surface area contributed by atoms with Gasteiger partial charge >= 0.3 is 0 Å². The Kier molecular flexibility index (Phi) is 27.8. The fourth-order valence-corrected chi connectivity index (χ4v) is 15.5. The molecule has 0 saturated heterocycles. The van der Waals surface area contributed by atoms with Crippen LogP contribution in [0.3, 0.4) is 0 Å². The van der Waals surface area contributed by atoms with E-state index in [0.717, 1.165) is 25.7 Å². The Labute approximate surface area is 372 Å². The molecule has 0 rings (SSSR count). The molecule has 0 bridgehead atoms. The highest BCUT2D eigenvalue weighted by Crippen LogP contribution is 2.41. The molecule has 0 spiro atoms. The zero-order valence-corrected chi connectivity index (χ0v) is 39.6. The first kappa shape index (κ1) is 59.6. The predicted octanol–water partition coefficient (Wildman–Crippen LogP) is 9.58. The van der Waals surface area contributed by atoms with E-state index in [-0.39, 0.29) is 37.9 Å². The van der Waals surface area contributed by atoms with Crippen molar-refractivity contribution in [2.24, 2.45) is 27.1 Å². The van der Waals surface area contributed by atoms with Gasteiger partial charge in [0.15, 0.2) is 0 Å². The summed E-state index contributed by atoms with van der Waals surface area (Å²) in [5, 5.41) is -1.86. The van der Waals surface area contributed by atoms with Gasteiger partial charge in [0.1, 0.15) is 0 Å². The quantitative estimate of drug-likeness (QED) is 0.0240. The molecule has 0 aromatic carbocycles. The number of sulfonamides is 6. The minimum atomic E-state index is -5.90. The molecule has 0 N–H and O–H groups in total. The summed E-state index contributed by atoms with van der Waals surface area (Å²) in [5.41, 5.74) is 51.8. The van der Waals surface area contributed by atoms with E-state index in [4.69, 9.17) is 33.2 Å². The highest BCUT2D eigenvalue weighted by molar-refractivity contribution is 8.24. The van der Waals surface area contributed by atoms with Crippen molar-refractivity contribution in [2.45, 2.75) is 168 Å². The number of nitrogens with zero attached hydrogens (tertiary/aromatic N) is 18. The highest BCUT2D eigenvalue weighted by atomic mass is 32.3. The Morgan fingerprint density at radius 3 is 0.859 bits per heavy atom. The van der Waals surface area contributed by atoms with Crippen molar-refractivity contribution >= 4 is 60.1 Å². The molecule has 0 aliphatic rings. The molecule has 0 saturated carbocycles. The zero-order valence-electron chi connectivity index (χ0n) is 34.7. The predicted molar refractivity (Wildman–Crippen MR) is 234 cm³/mol. The van der Waals surface area contributed by atoms with Crippen LogP contribution in [0.5, 0.6) is 0 Å². The molecule has 2 atom stereocenters. The largest absolute Gasteiger partial charge is 0.294 e. The summed E-state index contributed by atoms with van der Waals surface area (Å²) in [4.78, 5) is 13.0. The summed E-state index contributed by atoms with van der Waals surface area (Å²) in [6.07, 6.45) is 8.68. The first-order valence-corrected chi connectivity index (χ1v) is 28.8. The van der Waals surface area contributed by atoms with Gasteiger partial charge in [-0.1, -0.05) is 109 Å². The van der Waals surface area contributed by atoms with E-state index in [1.54, 1.807) is 0 Å². The van der Waals surface area contributed by atoms with Crippen LogP contribution in [0.15, 0.2) is 27.1 Å². The van der Waals surface area contributed by atoms with Gasteiger partial charge in [-0.2, -0.15) is 0 Å². The van der Waals surface area contributed by atoms with Crippen molar-refractivity contribution < 1.29 is 50.5 Å². The van der Waals surface area contributed by atoms with Gasteiger partial charge in [-0.15, -0.1) is 0 Å². The molecule has 2 unspecified atom stereocenters. The van der Waals surface area contributed by atoms with Gasteiger partial charge in [-0.25, -0.2) is 50.5 Å². The molecule has 0 aromatic rings. The maximum atomic E-state index is 12.7. The molecule has 0 amide bonds. The van der Waals surface area contributed by atoms with E-state index in [0.29, 0.717) is 83.5 Å². The summed E-state index contributed by atoms with van der Waals surface area (Å²) in [6, 6.07) is 0. The number of azide groups is 6. The van der Waals surface area contributed by atoms with Crippen LogP contribution >= 0.6 is 0 Å². The van der Waals surface area contributed by atoms with Crippen LogP contribution < -0.4 is 0 Å². The molecule has 36 heteroatoms. The highest BCUT2D eigenvalue weighted by Gasteiger charge is 2.64. The van der Waals surface area contributed by atoms with Crippen molar-refractivity contribution in [1.82, 2.24) is 0 Å². The monoisotopic (exact) mass is 1020 g/mol. The van der Waals surface area contributed by atoms with Crippen LogP contribution in [-0.2, 0) is 60.1 Å². The van der Waals surface area contributed by atoms with E-state index in [2.05, 4.69) is 41.9 Å². The number of hydrogen-bond acceptors (Lipinski definition) is 12. The molecule has 0 fully saturated rings. The third-order valence-electron chi connectivity index (χ3n) is 9.90. The van der Waals surface area contributed by atoms with E-state index in [9.17, 15) is 50.5 Å². The van der Waals surface area contributed by atoms with Gasteiger partial charge in [-0.3, -0.25) is 0 Å². The van der Waals surface area contributed by atoms with E-state index in [1.807, 2.05) is 14.7 Å². The summed E-state index contributed by atoms with van der Waals surface area (Å²) in [7, 11) is -29.7. The average molecular weight is 1030 g/mol. The molecular weight excluding hydrogens is 973 g/mol. The van der Waals surface area contributed by atoms with Crippen LogP contribution in [-0.4, -0.2) is 70.2 Å². The molecule has 0 aromatic heterocycles. The second-order valence-corrected chi connectivity index (χ2v) is 26.0. The fourth-order valence-electron chi connectivity index (χ4n) is 6.75. The Bertz CT molecular complexity index is 2390. The summed E-state index contributed by atoms with van der Waals surface area (Å²) < 4.78 is 161. The van der Waals surface area contributed by atoms with Crippen LogP contribution in [0.2, 0.25) is 0 Å². The average Bonchev–Trinajstić information content (AvgIpc) is 3.18. The normalized spacial score (nSPS) is 14.1. The van der Waals surface area contributed by atoms with Crippen molar-refractivity contribution in [3.05, 3.63) is 62.7 Å². The van der Waals surface area contributed by atoms with Gasteiger partial charge in [-0.05, 0) is 78.1 Å². The smallest absolute Gasteiger partial charge is 0.221 e.